The Bertz CT molecular complexity index is 254. The van der Waals surface area contributed by atoms with E-state index in [-0.39, 0.29) is 24.8 Å². The average molecular weight is 200 g/mol. The number of aliphatic hydroxyl groups excluding tert-OH is 1. The van der Waals surface area contributed by atoms with Crippen molar-refractivity contribution in [1.29, 1.82) is 0 Å². The Morgan fingerprint density at radius 1 is 1.71 bits per heavy atom. The van der Waals surface area contributed by atoms with E-state index in [0.717, 1.165) is 0 Å². The van der Waals surface area contributed by atoms with Gasteiger partial charge in [-0.25, -0.2) is 0 Å². The number of carbonyl (C=O) groups is 2. The number of rotatable bonds is 3. The number of hydrogen-bond donors (Lipinski definition) is 2. The van der Waals surface area contributed by atoms with E-state index in [1.165, 1.54) is 4.90 Å². The Balaban J connectivity index is 2.63. The third kappa shape index (κ3) is 2.04. The number of likely N-dealkylation sites (N-methyl/N-ethyl adjacent to an activating group) is 1. The van der Waals surface area contributed by atoms with Gasteiger partial charge in [-0.3, -0.25) is 9.59 Å². The molecule has 14 heavy (non-hydrogen) atoms. The van der Waals surface area contributed by atoms with Gasteiger partial charge >= 0.3 is 0 Å². The van der Waals surface area contributed by atoms with E-state index >= 15 is 0 Å². The zero-order chi connectivity index (χ0) is 10.8. The fraction of sp³-hybridized carbons (Fsp3) is 0.778. The molecule has 80 valence electrons. The molecule has 0 aliphatic carbocycles. The van der Waals surface area contributed by atoms with Gasteiger partial charge in [-0.05, 0) is 6.92 Å². The Morgan fingerprint density at radius 3 is 2.79 bits per heavy atom. The molecule has 1 atom stereocenters. The van der Waals surface area contributed by atoms with Crippen molar-refractivity contribution in [2.24, 2.45) is 5.41 Å². The number of nitrogens with zero attached hydrogens (tertiary/aromatic N) is 1. The normalized spacial score (nSPS) is 26.1. The molecule has 1 heterocycles. The van der Waals surface area contributed by atoms with Crippen molar-refractivity contribution in [3.8, 4) is 0 Å². The number of carbonyl (C=O) groups excluding carboxylic acids is 2. The largest absolute Gasteiger partial charge is 0.395 e. The molecule has 0 saturated carbocycles. The molecule has 1 aliphatic rings. The molecular formula is C9H16N2O3. The van der Waals surface area contributed by atoms with Crippen LogP contribution in [0.3, 0.4) is 0 Å². The maximum atomic E-state index is 11.8. The molecule has 2 amide bonds. The predicted molar refractivity (Wildman–Crippen MR) is 50.5 cm³/mol. The predicted octanol–water partition coefficient (Wildman–Crippen LogP) is -1.04. The molecule has 5 nitrogen and oxygen atoms in total. The highest BCUT2D eigenvalue weighted by Gasteiger charge is 2.42. The Hall–Kier alpha value is -1.10. The topological polar surface area (TPSA) is 69.6 Å². The molecule has 5 heteroatoms. The lowest BCUT2D eigenvalue weighted by Crippen LogP contribution is -2.42. The van der Waals surface area contributed by atoms with Crippen LogP contribution < -0.4 is 5.32 Å². The van der Waals surface area contributed by atoms with E-state index < -0.39 is 5.41 Å². The summed E-state index contributed by atoms with van der Waals surface area (Å²) in [5.41, 5.74) is -0.638. The third-order valence-corrected chi connectivity index (χ3v) is 2.52. The zero-order valence-electron chi connectivity index (χ0n) is 8.54. The Labute approximate surface area is 83.1 Å². The van der Waals surface area contributed by atoms with Gasteiger partial charge in [-0.2, -0.15) is 0 Å². The quantitative estimate of drug-likeness (QED) is 0.611. The highest BCUT2D eigenvalue weighted by Crippen LogP contribution is 2.27. The molecule has 0 aromatic rings. The molecular weight excluding hydrogens is 184 g/mol. The first-order chi connectivity index (χ1) is 6.49. The fourth-order valence-electron chi connectivity index (χ4n) is 1.64. The van der Waals surface area contributed by atoms with Crippen LogP contribution in [0.2, 0.25) is 0 Å². The summed E-state index contributed by atoms with van der Waals surface area (Å²) in [7, 11) is 1.63. The fourth-order valence-corrected chi connectivity index (χ4v) is 1.64. The van der Waals surface area contributed by atoms with Crippen LogP contribution in [0, 0.1) is 5.41 Å². The van der Waals surface area contributed by atoms with Crippen LogP contribution in [0.4, 0.5) is 0 Å². The summed E-state index contributed by atoms with van der Waals surface area (Å²) in [6, 6.07) is 0. The molecule has 0 spiro atoms. The maximum absolute atomic E-state index is 11.8. The van der Waals surface area contributed by atoms with Crippen molar-refractivity contribution in [2.75, 3.05) is 26.7 Å². The molecule has 0 aromatic carbocycles. The standard InChI is InChI=1S/C9H16N2O3/c1-9(5-7(13)10-6-9)8(14)11(2)3-4-12/h12H,3-6H2,1-2H3,(H,10,13). The van der Waals surface area contributed by atoms with Gasteiger partial charge in [0.15, 0.2) is 0 Å². The monoisotopic (exact) mass is 200 g/mol. The summed E-state index contributed by atoms with van der Waals surface area (Å²) < 4.78 is 0. The van der Waals surface area contributed by atoms with Crippen LogP contribution in [0.25, 0.3) is 0 Å². The van der Waals surface area contributed by atoms with Crippen LogP contribution in [-0.4, -0.2) is 48.6 Å². The summed E-state index contributed by atoms with van der Waals surface area (Å²) in [6.45, 7) is 2.41. The minimum atomic E-state index is -0.638. The lowest BCUT2D eigenvalue weighted by atomic mass is 9.88. The first kappa shape index (κ1) is 11.0. The molecule has 0 bridgehead atoms. The van der Waals surface area contributed by atoms with Gasteiger partial charge in [0.1, 0.15) is 0 Å². The van der Waals surface area contributed by atoms with Crippen LogP contribution in [0.1, 0.15) is 13.3 Å². The molecule has 1 unspecified atom stereocenters. The summed E-state index contributed by atoms with van der Waals surface area (Å²) in [4.78, 5) is 24.3. The van der Waals surface area contributed by atoms with Crippen LogP contribution in [0.5, 0.6) is 0 Å². The van der Waals surface area contributed by atoms with E-state index in [4.69, 9.17) is 5.11 Å². The molecule has 1 aliphatic heterocycles. The van der Waals surface area contributed by atoms with Crippen molar-refractivity contribution in [3.63, 3.8) is 0 Å². The Kier molecular flexibility index (Phi) is 3.10. The number of nitrogens with one attached hydrogen (secondary N) is 1. The third-order valence-electron chi connectivity index (χ3n) is 2.52. The van der Waals surface area contributed by atoms with Crippen LogP contribution in [0.15, 0.2) is 0 Å². The first-order valence-electron chi connectivity index (χ1n) is 4.63. The second kappa shape index (κ2) is 3.96. The van der Waals surface area contributed by atoms with Crippen molar-refractivity contribution in [1.82, 2.24) is 10.2 Å². The summed E-state index contributed by atoms with van der Waals surface area (Å²) in [6.07, 6.45) is 0.238. The van der Waals surface area contributed by atoms with Gasteiger partial charge in [0.25, 0.3) is 0 Å². The van der Waals surface area contributed by atoms with Gasteiger partial charge in [0.2, 0.25) is 11.8 Å². The van der Waals surface area contributed by atoms with Gasteiger partial charge in [0.05, 0.1) is 12.0 Å². The highest BCUT2D eigenvalue weighted by molar-refractivity contribution is 5.92. The van der Waals surface area contributed by atoms with Crippen LogP contribution >= 0.6 is 0 Å². The van der Waals surface area contributed by atoms with Crippen LogP contribution in [-0.2, 0) is 9.59 Å². The molecule has 0 radical (unpaired) electrons. The zero-order valence-corrected chi connectivity index (χ0v) is 8.54. The lowest BCUT2D eigenvalue weighted by Gasteiger charge is -2.26. The molecule has 1 fully saturated rings. The van der Waals surface area contributed by atoms with E-state index in [0.29, 0.717) is 13.1 Å². The summed E-state index contributed by atoms with van der Waals surface area (Å²) in [5, 5.41) is 11.3. The number of aliphatic hydroxyl groups is 1. The summed E-state index contributed by atoms with van der Waals surface area (Å²) in [5.74, 6) is -0.178. The highest BCUT2D eigenvalue weighted by atomic mass is 16.3. The van der Waals surface area contributed by atoms with Crippen molar-refractivity contribution in [2.45, 2.75) is 13.3 Å². The number of amides is 2. The van der Waals surface area contributed by atoms with E-state index in [1.54, 1.807) is 14.0 Å². The maximum Gasteiger partial charge on any atom is 0.230 e. The SMILES string of the molecule is CN(CCO)C(=O)C1(C)CNC(=O)C1. The molecule has 1 saturated heterocycles. The van der Waals surface area contributed by atoms with Crippen molar-refractivity contribution in [3.05, 3.63) is 0 Å². The molecule has 0 aromatic heterocycles. The van der Waals surface area contributed by atoms with Gasteiger partial charge in [-0.1, -0.05) is 0 Å². The minimum Gasteiger partial charge on any atom is -0.395 e. The van der Waals surface area contributed by atoms with Crippen molar-refractivity contribution >= 4 is 11.8 Å². The lowest BCUT2D eigenvalue weighted by molar-refractivity contribution is -0.140. The van der Waals surface area contributed by atoms with Gasteiger partial charge < -0.3 is 15.3 Å². The van der Waals surface area contributed by atoms with Gasteiger partial charge in [-0.15, -0.1) is 0 Å². The smallest absolute Gasteiger partial charge is 0.230 e. The van der Waals surface area contributed by atoms with E-state index in [1.807, 2.05) is 0 Å². The Morgan fingerprint density at radius 2 is 2.36 bits per heavy atom. The van der Waals surface area contributed by atoms with Gasteiger partial charge in [0, 0.05) is 26.6 Å². The molecule has 2 N–H and O–H groups in total. The average Bonchev–Trinajstić information content (AvgIpc) is 2.47. The van der Waals surface area contributed by atoms with E-state index in [9.17, 15) is 9.59 Å². The van der Waals surface area contributed by atoms with Crippen molar-refractivity contribution < 1.29 is 14.7 Å². The molecule has 1 rings (SSSR count). The second-order valence-corrected chi connectivity index (χ2v) is 3.96. The minimum absolute atomic E-state index is 0.0559. The van der Waals surface area contributed by atoms with E-state index in [2.05, 4.69) is 5.32 Å². The summed E-state index contributed by atoms with van der Waals surface area (Å²) >= 11 is 0. The first-order valence-corrected chi connectivity index (χ1v) is 4.63. The number of hydrogen-bond acceptors (Lipinski definition) is 3. The second-order valence-electron chi connectivity index (χ2n) is 3.96.